The molecule has 0 saturated heterocycles. The normalized spacial score (nSPS) is 10.9. The second-order valence-electron chi connectivity index (χ2n) is 8.93. The van der Waals surface area contributed by atoms with Gasteiger partial charge in [-0.3, -0.25) is 17.5 Å². The Morgan fingerprint density at radius 1 is 0.698 bits per heavy atom. The zero-order chi connectivity index (χ0) is 28.6. The van der Waals surface area contributed by atoms with Gasteiger partial charge in [0.05, 0.1) is 5.01 Å². The van der Waals surface area contributed by atoms with Gasteiger partial charge in [-0.25, -0.2) is 11.3 Å². The summed E-state index contributed by atoms with van der Waals surface area (Å²) in [5.41, 5.74) is 7.14. The number of aromatic nitrogens is 3. The van der Waals surface area contributed by atoms with E-state index in [1.54, 1.807) is 22.7 Å². The Morgan fingerprint density at radius 2 is 1.19 bits per heavy atom. The maximum Gasteiger partial charge on any atom is 0.0706 e. The number of thiophene rings is 1. The van der Waals surface area contributed by atoms with Crippen molar-refractivity contribution in [3.63, 3.8) is 0 Å². The fourth-order valence-corrected chi connectivity index (χ4v) is 7.03. The third kappa shape index (κ3) is 7.16. The van der Waals surface area contributed by atoms with Crippen LogP contribution in [0.2, 0.25) is 0 Å². The van der Waals surface area contributed by atoms with Crippen LogP contribution in [0.3, 0.4) is 0 Å². The van der Waals surface area contributed by atoms with E-state index in [9.17, 15) is 9.59 Å². The van der Waals surface area contributed by atoms with E-state index >= 15 is 0 Å². The van der Waals surface area contributed by atoms with Gasteiger partial charge in [-0.05, 0) is 55.5 Å². The number of nitrogens with zero attached hydrogens (tertiary/aromatic N) is 3. The molecule has 8 rings (SSSR count). The average Bonchev–Trinajstić information content (AvgIpc) is 3.73. The molecule has 0 atom stereocenters. The van der Waals surface area contributed by atoms with Gasteiger partial charge >= 0.3 is 0 Å². The maximum atomic E-state index is 12.0. The summed E-state index contributed by atoms with van der Waals surface area (Å²) in [5, 5.41) is 1.58. The molecule has 6 heterocycles. The van der Waals surface area contributed by atoms with E-state index in [0.29, 0.717) is 10.9 Å². The minimum absolute atomic E-state index is 0. The third-order valence-corrected chi connectivity index (χ3v) is 8.51. The molecule has 0 aliphatic carbocycles. The predicted molar refractivity (Wildman–Crippen MR) is 167 cm³/mol. The van der Waals surface area contributed by atoms with Gasteiger partial charge in [0.2, 0.25) is 0 Å². The van der Waals surface area contributed by atoms with Crippen LogP contribution in [0.25, 0.3) is 31.9 Å². The Morgan fingerprint density at radius 3 is 1.74 bits per heavy atom. The molecule has 0 amide bonds. The first-order valence-corrected chi connectivity index (χ1v) is 15.2. The van der Waals surface area contributed by atoms with Gasteiger partial charge in [0, 0.05) is 102 Å². The molecule has 0 N–H and O–H groups in total. The van der Waals surface area contributed by atoms with Gasteiger partial charge in [0.1, 0.15) is 0 Å². The first-order chi connectivity index (χ1) is 19.5. The van der Waals surface area contributed by atoms with Crippen LogP contribution in [-0.2, 0) is 31.4 Å². The Balaban J connectivity index is 0.000000254. The van der Waals surface area contributed by atoms with Crippen molar-refractivity contribution in [1.82, 2.24) is 14.1 Å². The zero-order valence-corrected chi connectivity index (χ0v) is 36.3. The van der Waals surface area contributed by atoms with Crippen molar-refractivity contribution in [2.45, 2.75) is 54.4 Å². The molecule has 10 heteroatoms. The molecule has 2 aromatic carbocycles. The number of para-hydroxylation sites is 2. The Labute approximate surface area is 319 Å². The first kappa shape index (κ1) is 38.1. The van der Waals surface area contributed by atoms with Crippen LogP contribution in [0.5, 0.6) is 0 Å². The molecule has 217 valence electrons. The number of hydrogen-bond acceptors (Lipinski definition) is 5. The van der Waals surface area contributed by atoms with E-state index < -0.39 is 0 Å². The van der Waals surface area contributed by atoms with E-state index in [1.807, 2.05) is 65.8 Å². The summed E-state index contributed by atoms with van der Waals surface area (Å²) in [4.78, 5) is 31.3. The van der Waals surface area contributed by atoms with Crippen LogP contribution in [0, 0.1) is 94.3 Å². The molecule has 43 heavy (non-hydrogen) atoms. The molecule has 5 nitrogen and oxygen atoms in total. The average molecular weight is 1090 g/mol. The van der Waals surface area contributed by atoms with Gasteiger partial charge < -0.3 is 23.7 Å². The van der Waals surface area contributed by atoms with Crippen LogP contribution in [0.15, 0.2) is 58.1 Å². The van der Waals surface area contributed by atoms with Crippen molar-refractivity contribution in [1.29, 1.82) is 0 Å². The molecule has 6 aromatic rings. The molecule has 4 aromatic heterocycles. The second-order valence-corrected chi connectivity index (χ2v) is 11.3. The molecule has 0 spiro atoms. The van der Waals surface area contributed by atoms with E-state index in [1.165, 1.54) is 16.8 Å². The number of thiazole rings is 1. The van der Waals surface area contributed by atoms with Crippen LogP contribution in [0.4, 0.5) is 0 Å². The van der Waals surface area contributed by atoms with E-state index in [4.69, 9.17) is 0 Å². The van der Waals surface area contributed by atoms with Crippen molar-refractivity contribution in [3.8, 4) is 11.4 Å². The van der Waals surface area contributed by atoms with Crippen LogP contribution in [-0.4, -0.2) is 14.1 Å². The van der Waals surface area contributed by atoms with Crippen LogP contribution in [0.1, 0.15) is 60.1 Å². The Hall–Kier alpha value is -1.12. The standard InChI is InChI=1S/C15H9NOS.C14H9N2OS.2C2H6.2U.V/c1-9-6-12-14(17)8-11-7-10-4-2-3-5-13(10)16(11)15(12)18-9;1-8-15-13-12(17)7-10-6-9-4-2-3-5-11(9)16(10)14(13)18-8;2*1-2;;;/h2-5H,7H2,1H3;2-5H,6H2,1H3;2*1-2H3;;;/q-2;-1;;;;;. The van der Waals surface area contributed by atoms with E-state index in [-0.39, 0.29) is 91.6 Å². The van der Waals surface area contributed by atoms with Gasteiger partial charge in [-0.2, -0.15) is 6.07 Å². The summed E-state index contributed by atoms with van der Waals surface area (Å²) in [6.45, 7) is 11.9. The summed E-state index contributed by atoms with van der Waals surface area (Å²) in [5.74, 6) is 0. The maximum absolute atomic E-state index is 12.0. The fraction of sp³-hybridized carbons (Fsp3) is 0.242. The van der Waals surface area contributed by atoms with Gasteiger partial charge in [0.15, 0.2) is 0 Å². The summed E-state index contributed by atoms with van der Waals surface area (Å²) in [7, 11) is 0. The number of pyridine rings is 2. The minimum atomic E-state index is -0.0894. The van der Waals surface area contributed by atoms with E-state index in [0.717, 1.165) is 49.5 Å². The molecule has 0 bridgehead atoms. The summed E-state index contributed by atoms with van der Waals surface area (Å²) < 4.78 is 4.27. The Bertz CT molecular complexity index is 1850. The van der Waals surface area contributed by atoms with Crippen molar-refractivity contribution in [2.24, 2.45) is 0 Å². The SMILES string of the molecule is CC.CC.Cc1[c-]c2c(=O)[c-]c3n(c2s1)-c1ccccc1C3.Cc1nc2c(=O)[c-]c3n(c2s1)-c1ccccc1C3.[U].[U].[V]. The predicted octanol–water partition coefficient (Wildman–Crippen LogP) is 7.38. The first-order valence-electron chi connectivity index (χ1n) is 13.6. The van der Waals surface area contributed by atoms with E-state index in [2.05, 4.69) is 56.6 Å². The van der Waals surface area contributed by atoms with Crippen molar-refractivity contribution in [2.75, 3.05) is 0 Å². The van der Waals surface area contributed by atoms with Crippen molar-refractivity contribution < 1.29 is 80.8 Å². The Kier molecular flexibility index (Phi) is 14.6. The fourth-order valence-electron chi connectivity index (χ4n) is 5.09. The van der Waals surface area contributed by atoms with Gasteiger partial charge in [0.25, 0.3) is 0 Å². The number of benzene rings is 2. The largest absolute Gasteiger partial charge is 0.408 e. The van der Waals surface area contributed by atoms with Crippen LogP contribution >= 0.6 is 22.7 Å². The molecular formula is C33H30N3O2S2U2V-3. The quantitative estimate of drug-likeness (QED) is 0.149. The second kappa shape index (κ2) is 16.4. The van der Waals surface area contributed by atoms with Crippen molar-refractivity contribution in [3.05, 3.63) is 120 Å². The number of fused-ring (bicyclic) bond motifs is 10. The topological polar surface area (TPSA) is 56.9 Å². The summed E-state index contributed by atoms with van der Waals surface area (Å²) in [6.07, 6.45) is 1.57. The zero-order valence-electron chi connectivity index (χ0n) is 25.0. The van der Waals surface area contributed by atoms with Gasteiger partial charge in [-0.15, -0.1) is 11.3 Å². The molecule has 2 aliphatic heterocycles. The smallest absolute Gasteiger partial charge is 0.0706 e. The van der Waals surface area contributed by atoms with Crippen molar-refractivity contribution >= 4 is 43.2 Å². The molecule has 0 saturated carbocycles. The molecular weight excluding hydrogens is 1060 g/mol. The number of rotatable bonds is 0. The minimum Gasteiger partial charge on any atom is -0.408 e. The third-order valence-electron chi connectivity index (χ3n) is 6.57. The number of aryl methyl sites for hydroxylation is 2. The number of hydrogen-bond donors (Lipinski definition) is 0. The monoisotopic (exact) mass is 1090 g/mol. The molecule has 0 fully saturated rings. The summed E-state index contributed by atoms with van der Waals surface area (Å²) in [6, 6.07) is 25.6. The molecule has 1 radical (unpaired) electrons. The molecule has 0 unspecified atom stereocenters. The van der Waals surface area contributed by atoms with Crippen LogP contribution < -0.4 is 10.9 Å². The summed E-state index contributed by atoms with van der Waals surface area (Å²) >= 11 is 3.19. The van der Waals surface area contributed by atoms with Gasteiger partial charge in [-0.1, -0.05) is 90.6 Å². The molecule has 2 aliphatic rings.